The van der Waals surface area contributed by atoms with Gasteiger partial charge in [-0.25, -0.2) is 5.01 Å². The number of hydrogen-bond donors (Lipinski definition) is 1. The van der Waals surface area contributed by atoms with Gasteiger partial charge in [0, 0.05) is 5.02 Å². The molecule has 0 radical (unpaired) electrons. The molecular weight excluding hydrogens is 288 g/mol. The highest BCUT2D eigenvalue weighted by Crippen LogP contribution is 2.21. The minimum atomic E-state index is -0.418. The van der Waals surface area contributed by atoms with Crippen LogP contribution in [0.25, 0.3) is 6.08 Å². The van der Waals surface area contributed by atoms with Crippen molar-refractivity contribution >= 4 is 35.2 Å². The second-order valence-electron chi connectivity index (χ2n) is 4.53. The average molecular weight is 299 g/mol. The fourth-order valence-electron chi connectivity index (χ4n) is 2.04. The number of anilines is 1. The van der Waals surface area contributed by atoms with Gasteiger partial charge in [-0.15, -0.1) is 0 Å². The van der Waals surface area contributed by atoms with E-state index in [2.05, 4.69) is 5.43 Å². The largest absolute Gasteiger partial charge is 0.282 e. The van der Waals surface area contributed by atoms with Gasteiger partial charge in [0.15, 0.2) is 0 Å². The first-order valence-corrected chi connectivity index (χ1v) is 6.71. The van der Waals surface area contributed by atoms with Crippen molar-refractivity contribution in [3.63, 3.8) is 0 Å². The lowest BCUT2D eigenvalue weighted by molar-refractivity contribution is -0.117. The number of halogens is 1. The molecule has 1 saturated heterocycles. The van der Waals surface area contributed by atoms with Crippen LogP contribution in [0.2, 0.25) is 5.02 Å². The summed E-state index contributed by atoms with van der Waals surface area (Å²) in [5, 5.41) is 1.84. The van der Waals surface area contributed by atoms with Gasteiger partial charge in [-0.3, -0.25) is 15.0 Å². The van der Waals surface area contributed by atoms with Gasteiger partial charge in [-0.1, -0.05) is 41.9 Å². The third-order valence-electron chi connectivity index (χ3n) is 3.09. The van der Waals surface area contributed by atoms with Crippen molar-refractivity contribution in [1.82, 2.24) is 5.43 Å². The Labute approximate surface area is 126 Å². The number of nitrogens with zero attached hydrogens (tertiary/aromatic N) is 1. The lowest BCUT2D eigenvalue weighted by Crippen LogP contribution is -2.35. The molecule has 104 valence electrons. The summed E-state index contributed by atoms with van der Waals surface area (Å²) in [7, 11) is 0. The molecule has 3 rings (SSSR count). The van der Waals surface area contributed by atoms with Crippen LogP contribution in [-0.2, 0) is 9.59 Å². The van der Waals surface area contributed by atoms with Crippen LogP contribution in [-0.4, -0.2) is 11.8 Å². The SMILES string of the molecule is O=C1NN(c2ccccc2)C(=O)/C1=C/c1ccc(Cl)cc1. The molecule has 0 aliphatic carbocycles. The van der Waals surface area contributed by atoms with Crippen molar-refractivity contribution in [3.8, 4) is 0 Å². The zero-order valence-electron chi connectivity index (χ0n) is 10.9. The quantitative estimate of drug-likeness (QED) is 0.684. The fraction of sp³-hybridized carbons (Fsp3) is 0. The molecule has 4 nitrogen and oxygen atoms in total. The van der Waals surface area contributed by atoms with E-state index in [1.165, 1.54) is 5.01 Å². The second kappa shape index (κ2) is 5.42. The summed E-state index contributed by atoms with van der Waals surface area (Å²) >= 11 is 5.81. The van der Waals surface area contributed by atoms with E-state index in [1.807, 2.05) is 6.07 Å². The van der Waals surface area contributed by atoms with Crippen LogP contribution in [0.3, 0.4) is 0 Å². The van der Waals surface area contributed by atoms with E-state index in [9.17, 15) is 9.59 Å². The van der Waals surface area contributed by atoms with E-state index < -0.39 is 5.91 Å². The van der Waals surface area contributed by atoms with Crippen molar-refractivity contribution in [2.24, 2.45) is 0 Å². The third kappa shape index (κ3) is 2.66. The molecule has 1 aliphatic rings. The van der Waals surface area contributed by atoms with Gasteiger partial charge in [0.05, 0.1) is 5.69 Å². The van der Waals surface area contributed by atoms with Crippen molar-refractivity contribution in [2.75, 3.05) is 5.01 Å². The van der Waals surface area contributed by atoms with Crippen LogP contribution in [0.1, 0.15) is 5.56 Å². The molecule has 1 heterocycles. The number of amides is 2. The maximum Gasteiger partial charge on any atom is 0.282 e. The predicted molar refractivity (Wildman–Crippen MR) is 81.5 cm³/mol. The molecule has 21 heavy (non-hydrogen) atoms. The van der Waals surface area contributed by atoms with Crippen molar-refractivity contribution in [3.05, 3.63) is 70.8 Å². The summed E-state index contributed by atoms with van der Waals surface area (Å²) in [6.45, 7) is 0. The Morgan fingerprint density at radius 2 is 1.62 bits per heavy atom. The Morgan fingerprint density at radius 3 is 2.29 bits per heavy atom. The van der Waals surface area contributed by atoms with E-state index in [1.54, 1.807) is 54.6 Å². The van der Waals surface area contributed by atoms with Crippen LogP contribution in [0.15, 0.2) is 60.2 Å². The highest BCUT2D eigenvalue weighted by atomic mass is 35.5. The Balaban J connectivity index is 1.92. The normalized spacial score (nSPS) is 16.4. The number of benzene rings is 2. The summed E-state index contributed by atoms with van der Waals surface area (Å²) in [5.74, 6) is -0.792. The van der Waals surface area contributed by atoms with E-state index in [0.29, 0.717) is 10.7 Å². The number of rotatable bonds is 2. The van der Waals surface area contributed by atoms with Crippen LogP contribution in [0.4, 0.5) is 5.69 Å². The Morgan fingerprint density at radius 1 is 0.952 bits per heavy atom. The van der Waals surface area contributed by atoms with Gasteiger partial charge < -0.3 is 0 Å². The number of hydrazine groups is 1. The predicted octanol–water partition coefficient (Wildman–Crippen LogP) is 2.80. The number of carbonyl (C=O) groups excluding carboxylic acids is 2. The van der Waals surface area contributed by atoms with E-state index in [-0.39, 0.29) is 11.5 Å². The summed E-state index contributed by atoms with van der Waals surface area (Å²) in [6, 6.07) is 15.9. The molecule has 0 atom stereocenters. The molecule has 2 amide bonds. The molecule has 5 heteroatoms. The minimum Gasteiger partial charge on any atom is -0.267 e. The summed E-state index contributed by atoms with van der Waals surface area (Å²) < 4.78 is 0. The van der Waals surface area contributed by atoms with Gasteiger partial charge in [-0.05, 0) is 35.9 Å². The average Bonchev–Trinajstić information content (AvgIpc) is 2.78. The van der Waals surface area contributed by atoms with Crippen molar-refractivity contribution in [1.29, 1.82) is 0 Å². The molecule has 2 aromatic rings. The van der Waals surface area contributed by atoms with E-state index in [0.717, 1.165) is 5.56 Å². The van der Waals surface area contributed by atoms with Crippen LogP contribution >= 0.6 is 11.6 Å². The van der Waals surface area contributed by atoms with Gasteiger partial charge in [0.1, 0.15) is 5.57 Å². The molecule has 1 N–H and O–H groups in total. The number of hydrogen-bond acceptors (Lipinski definition) is 2. The standard InChI is InChI=1S/C16H11ClN2O2/c17-12-8-6-11(7-9-12)10-14-15(20)18-19(16(14)21)13-4-2-1-3-5-13/h1-10H,(H,18,20)/b14-10+. The molecule has 0 bridgehead atoms. The monoisotopic (exact) mass is 298 g/mol. The number of para-hydroxylation sites is 1. The number of carbonyl (C=O) groups is 2. The zero-order valence-corrected chi connectivity index (χ0v) is 11.7. The van der Waals surface area contributed by atoms with Crippen LogP contribution in [0.5, 0.6) is 0 Å². The first kappa shape index (κ1) is 13.4. The zero-order chi connectivity index (χ0) is 14.8. The highest BCUT2D eigenvalue weighted by molar-refractivity contribution is 6.32. The second-order valence-corrected chi connectivity index (χ2v) is 4.96. The summed E-state index contributed by atoms with van der Waals surface area (Å²) in [6.07, 6.45) is 1.55. The topological polar surface area (TPSA) is 49.4 Å². The van der Waals surface area contributed by atoms with Gasteiger partial charge in [-0.2, -0.15) is 0 Å². The maximum atomic E-state index is 12.3. The fourth-order valence-corrected chi connectivity index (χ4v) is 2.17. The van der Waals surface area contributed by atoms with Gasteiger partial charge in [0.2, 0.25) is 0 Å². The Hall–Kier alpha value is -2.59. The Kier molecular flexibility index (Phi) is 3.46. The first-order valence-electron chi connectivity index (χ1n) is 6.33. The minimum absolute atomic E-state index is 0.0983. The van der Waals surface area contributed by atoms with Crippen LogP contribution in [0, 0.1) is 0 Å². The Bertz CT molecular complexity index is 724. The smallest absolute Gasteiger partial charge is 0.267 e. The molecule has 0 saturated carbocycles. The first-order chi connectivity index (χ1) is 10.1. The third-order valence-corrected chi connectivity index (χ3v) is 3.34. The van der Waals surface area contributed by atoms with Crippen LogP contribution < -0.4 is 10.4 Å². The summed E-state index contributed by atoms with van der Waals surface area (Å²) in [5.41, 5.74) is 4.01. The molecule has 2 aromatic carbocycles. The lowest BCUT2D eigenvalue weighted by atomic mass is 10.1. The summed E-state index contributed by atoms with van der Waals surface area (Å²) in [4.78, 5) is 24.3. The van der Waals surface area contributed by atoms with E-state index >= 15 is 0 Å². The van der Waals surface area contributed by atoms with Gasteiger partial charge >= 0.3 is 0 Å². The molecule has 1 aliphatic heterocycles. The highest BCUT2D eigenvalue weighted by Gasteiger charge is 2.34. The van der Waals surface area contributed by atoms with Gasteiger partial charge in [0.25, 0.3) is 11.8 Å². The lowest BCUT2D eigenvalue weighted by Gasteiger charge is -2.13. The number of nitrogens with one attached hydrogen (secondary N) is 1. The van der Waals surface area contributed by atoms with E-state index in [4.69, 9.17) is 11.6 Å². The molecule has 0 unspecified atom stereocenters. The maximum absolute atomic E-state index is 12.3. The molecule has 0 aromatic heterocycles. The molecule has 0 spiro atoms. The van der Waals surface area contributed by atoms with Crippen molar-refractivity contribution < 1.29 is 9.59 Å². The molecule has 1 fully saturated rings. The van der Waals surface area contributed by atoms with Crippen molar-refractivity contribution in [2.45, 2.75) is 0 Å². The molecular formula is C16H11ClN2O2.